The number of benzene rings is 1. The van der Waals surface area contributed by atoms with Crippen molar-refractivity contribution in [3.63, 3.8) is 0 Å². The molecule has 0 aliphatic rings. The summed E-state index contributed by atoms with van der Waals surface area (Å²) in [6.45, 7) is 4.03. The highest BCUT2D eigenvalue weighted by atomic mass is 32.2. The molecular formula is C12H16FN5O2S. The maximum Gasteiger partial charge on any atom is 0.240 e. The van der Waals surface area contributed by atoms with Gasteiger partial charge in [0.05, 0.1) is 10.9 Å². The van der Waals surface area contributed by atoms with Gasteiger partial charge in [0.1, 0.15) is 5.82 Å². The smallest absolute Gasteiger partial charge is 0.227 e. The van der Waals surface area contributed by atoms with Crippen molar-refractivity contribution in [2.45, 2.75) is 31.2 Å². The van der Waals surface area contributed by atoms with Crippen LogP contribution in [0.2, 0.25) is 0 Å². The van der Waals surface area contributed by atoms with Crippen LogP contribution in [0.15, 0.2) is 29.2 Å². The van der Waals surface area contributed by atoms with Gasteiger partial charge in [-0.3, -0.25) is 0 Å². The summed E-state index contributed by atoms with van der Waals surface area (Å²) in [7, 11) is -3.66. The maximum absolute atomic E-state index is 12.8. The number of halogens is 1. The third-order valence-corrected chi connectivity index (χ3v) is 4.29. The molecule has 0 bridgehead atoms. The Hall–Kier alpha value is -1.87. The number of rotatable bonds is 6. The molecule has 0 unspecified atom stereocenters. The Morgan fingerprint density at radius 1 is 1.29 bits per heavy atom. The predicted octanol–water partition coefficient (Wildman–Crippen LogP) is 0.914. The first kappa shape index (κ1) is 15.5. The summed E-state index contributed by atoms with van der Waals surface area (Å²) < 4.78 is 40.9. The first-order valence-corrected chi connectivity index (χ1v) is 7.90. The molecule has 2 aromatic rings. The van der Waals surface area contributed by atoms with Gasteiger partial charge >= 0.3 is 0 Å². The van der Waals surface area contributed by atoms with E-state index in [0.29, 0.717) is 12.2 Å². The lowest BCUT2D eigenvalue weighted by atomic mass is 10.3. The van der Waals surface area contributed by atoms with E-state index in [1.165, 1.54) is 12.1 Å². The fraction of sp³-hybridized carbons (Fsp3) is 0.417. The quantitative estimate of drug-likeness (QED) is 0.856. The summed E-state index contributed by atoms with van der Waals surface area (Å²) in [5.41, 5.74) is 0. The zero-order valence-corrected chi connectivity index (χ0v) is 12.5. The van der Waals surface area contributed by atoms with E-state index < -0.39 is 15.8 Å². The molecule has 0 fully saturated rings. The summed E-state index contributed by atoms with van der Waals surface area (Å²) in [5, 5.41) is 11.3. The van der Waals surface area contributed by atoms with Crippen LogP contribution in [0.1, 0.15) is 25.7 Å². The molecule has 1 heterocycles. The number of nitrogens with zero attached hydrogens (tertiary/aromatic N) is 4. The molecule has 2 rings (SSSR count). The number of hydrogen-bond acceptors (Lipinski definition) is 5. The first-order valence-electron chi connectivity index (χ1n) is 6.42. The van der Waals surface area contributed by atoms with Crippen LogP contribution < -0.4 is 4.72 Å². The first-order chi connectivity index (χ1) is 9.90. The van der Waals surface area contributed by atoms with Crippen molar-refractivity contribution < 1.29 is 12.8 Å². The highest BCUT2D eigenvalue weighted by Crippen LogP contribution is 2.10. The van der Waals surface area contributed by atoms with Crippen LogP contribution in [-0.2, 0) is 16.4 Å². The minimum Gasteiger partial charge on any atom is -0.227 e. The zero-order chi connectivity index (χ0) is 15.5. The van der Waals surface area contributed by atoms with E-state index in [-0.39, 0.29) is 17.5 Å². The molecule has 0 aliphatic heterocycles. The Balaban J connectivity index is 1.99. The second kappa shape index (κ2) is 6.27. The molecule has 9 heteroatoms. The molecule has 21 heavy (non-hydrogen) atoms. The van der Waals surface area contributed by atoms with Gasteiger partial charge in [-0.15, -0.1) is 5.10 Å². The zero-order valence-electron chi connectivity index (χ0n) is 11.7. The predicted molar refractivity (Wildman–Crippen MR) is 73.5 cm³/mol. The maximum atomic E-state index is 12.8. The van der Waals surface area contributed by atoms with Gasteiger partial charge in [0.25, 0.3) is 0 Å². The van der Waals surface area contributed by atoms with E-state index in [1.807, 2.05) is 13.8 Å². The van der Waals surface area contributed by atoms with Crippen molar-refractivity contribution in [2.24, 2.45) is 0 Å². The van der Waals surface area contributed by atoms with E-state index in [4.69, 9.17) is 0 Å². The van der Waals surface area contributed by atoms with Crippen LogP contribution in [0.25, 0.3) is 0 Å². The van der Waals surface area contributed by atoms with E-state index in [1.54, 1.807) is 4.68 Å². The van der Waals surface area contributed by atoms with E-state index in [2.05, 4.69) is 20.2 Å². The highest BCUT2D eigenvalue weighted by Gasteiger charge is 2.15. The fourth-order valence-electron chi connectivity index (χ4n) is 1.77. The van der Waals surface area contributed by atoms with Crippen LogP contribution in [-0.4, -0.2) is 35.2 Å². The van der Waals surface area contributed by atoms with Gasteiger partial charge in [0, 0.05) is 13.0 Å². The van der Waals surface area contributed by atoms with E-state index >= 15 is 0 Å². The van der Waals surface area contributed by atoms with Gasteiger partial charge in [0.15, 0.2) is 5.82 Å². The summed E-state index contributed by atoms with van der Waals surface area (Å²) in [5.74, 6) is 0.122. The lowest BCUT2D eigenvalue weighted by molar-refractivity contribution is 0.492. The molecule has 1 aromatic carbocycles. The van der Waals surface area contributed by atoms with Gasteiger partial charge in [-0.1, -0.05) is 0 Å². The number of aromatic nitrogens is 4. The Bertz CT molecular complexity index is 697. The third-order valence-electron chi connectivity index (χ3n) is 2.81. The largest absolute Gasteiger partial charge is 0.240 e. The van der Waals surface area contributed by atoms with Crippen LogP contribution in [0.3, 0.4) is 0 Å². The Labute approximate surface area is 122 Å². The molecule has 0 aliphatic carbocycles. The van der Waals surface area contributed by atoms with E-state index in [0.717, 1.165) is 12.1 Å². The van der Waals surface area contributed by atoms with Crippen LogP contribution >= 0.6 is 0 Å². The summed E-state index contributed by atoms with van der Waals surface area (Å²) in [4.78, 5) is 0.0207. The van der Waals surface area contributed by atoms with Crippen molar-refractivity contribution in [2.75, 3.05) is 6.54 Å². The van der Waals surface area contributed by atoms with Crippen LogP contribution in [0, 0.1) is 5.82 Å². The average molecular weight is 313 g/mol. The van der Waals surface area contributed by atoms with Crippen LogP contribution in [0.4, 0.5) is 4.39 Å². The molecule has 0 radical (unpaired) electrons. The van der Waals surface area contributed by atoms with Crippen molar-refractivity contribution >= 4 is 10.0 Å². The van der Waals surface area contributed by atoms with Crippen LogP contribution in [0.5, 0.6) is 0 Å². The van der Waals surface area contributed by atoms with Gasteiger partial charge in [-0.05, 0) is 48.5 Å². The number of hydrogen-bond donors (Lipinski definition) is 1. The van der Waals surface area contributed by atoms with Crippen molar-refractivity contribution in [3.05, 3.63) is 35.9 Å². The molecule has 0 amide bonds. The van der Waals surface area contributed by atoms with Crippen molar-refractivity contribution in [1.82, 2.24) is 24.9 Å². The fourth-order valence-corrected chi connectivity index (χ4v) is 2.80. The topological polar surface area (TPSA) is 89.8 Å². The Morgan fingerprint density at radius 2 is 1.95 bits per heavy atom. The minimum atomic E-state index is -3.66. The van der Waals surface area contributed by atoms with E-state index in [9.17, 15) is 12.8 Å². The molecule has 0 spiro atoms. The van der Waals surface area contributed by atoms with Gasteiger partial charge in [-0.25, -0.2) is 22.2 Å². The summed E-state index contributed by atoms with van der Waals surface area (Å²) in [6.07, 6.45) is 0.367. The molecule has 0 saturated carbocycles. The standard InChI is InChI=1S/C12H16FN5O2S/c1-9(2)18-12(15-16-17-18)7-8-14-21(19,20)11-5-3-10(13)4-6-11/h3-6,9,14H,7-8H2,1-2H3. The second-order valence-electron chi connectivity index (χ2n) is 4.74. The lowest BCUT2D eigenvalue weighted by Crippen LogP contribution is -2.27. The Morgan fingerprint density at radius 3 is 2.57 bits per heavy atom. The molecule has 1 aromatic heterocycles. The number of nitrogens with one attached hydrogen (secondary N) is 1. The average Bonchev–Trinajstić information content (AvgIpc) is 2.87. The Kier molecular flexibility index (Phi) is 4.63. The number of sulfonamides is 1. The van der Waals surface area contributed by atoms with Gasteiger partial charge < -0.3 is 0 Å². The molecule has 7 nitrogen and oxygen atoms in total. The third kappa shape index (κ3) is 3.82. The summed E-state index contributed by atoms with van der Waals surface area (Å²) in [6, 6.07) is 4.75. The molecular weight excluding hydrogens is 297 g/mol. The monoisotopic (exact) mass is 313 g/mol. The molecule has 0 saturated heterocycles. The lowest BCUT2D eigenvalue weighted by Gasteiger charge is -2.09. The summed E-state index contributed by atoms with van der Waals surface area (Å²) >= 11 is 0. The second-order valence-corrected chi connectivity index (χ2v) is 6.50. The minimum absolute atomic E-state index is 0.0207. The van der Waals surface area contributed by atoms with Crippen molar-refractivity contribution in [1.29, 1.82) is 0 Å². The highest BCUT2D eigenvalue weighted by molar-refractivity contribution is 7.89. The molecule has 0 atom stereocenters. The van der Waals surface area contributed by atoms with Gasteiger partial charge in [0.2, 0.25) is 10.0 Å². The molecule has 114 valence electrons. The van der Waals surface area contributed by atoms with Crippen molar-refractivity contribution in [3.8, 4) is 0 Å². The molecule has 1 N–H and O–H groups in total. The number of tetrazole rings is 1. The van der Waals surface area contributed by atoms with Gasteiger partial charge in [-0.2, -0.15) is 0 Å². The normalized spacial score (nSPS) is 12.0. The SMILES string of the molecule is CC(C)n1nnnc1CCNS(=O)(=O)c1ccc(F)cc1.